The van der Waals surface area contributed by atoms with Crippen molar-refractivity contribution < 1.29 is 9.32 Å². The lowest BCUT2D eigenvalue weighted by Crippen LogP contribution is -2.51. The molecule has 27 heavy (non-hydrogen) atoms. The van der Waals surface area contributed by atoms with Gasteiger partial charge in [0.05, 0.1) is 0 Å². The maximum absolute atomic E-state index is 12.3. The van der Waals surface area contributed by atoms with Gasteiger partial charge in [0, 0.05) is 32.4 Å². The lowest BCUT2D eigenvalue weighted by atomic mass is 9.73. The van der Waals surface area contributed by atoms with E-state index >= 15 is 0 Å². The normalized spacial score (nSPS) is 19.1. The number of amides is 1. The van der Waals surface area contributed by atoms with E-state index in [1.807, 2.05) is 23.1 Å². The summed E-state index contributed by atoms with van der Waals surface area (Å²) in [6, 6.07) is 10.1. The van der Waals surface area contributed by atoms with Gasteiger partial charge in [-0.05, 0) is 43.3 Å². The van der Waals surface area contributed by atoms with E-state index in [1.165, 1.54) is 18.4 Å². The zero-order chi connectivity index (χ0) is 17.8. The quantitative estimate of drug-likeness (QED) is 0.849. The van der Waals surface area contributed by atoms with Crippen LogP contribution in [-0.4, -0.2) is 47.1 Å². The number of nitrogens with zero attached hydrogens (tertiary/aromatic N) is 3. The van der Waals surface area contributed by atoms with Crippen molar-refractivity contribution in [2.45, 2.75) is 38.5 Å². The molecule has 146 valence electrons. The van der Waals surface area contributed by atoms with Gasteiger partial charge in [-0.25, -0.2) is 0 Å². The van der Waals surface area contributed by atoms with Crippen molar-refractivity contribution in [1.82, 2.24) is 20.4 Å². The molecule has 3 heterocycles. The number of piperidine rings is 2. The number of halogens is 1. The zero-order valence-electron chi connectivity index (χ0n) is 15.5. The Labute approximate surface area is 166 Å². The molecule has 0 radical (unpaired) electrons. The van der Waals surface area contributed by atoms with Crippen LogP contribution in [0.3, 0.4) is 0 Å². The van der Waals surface area contributed by atoms with Gasteiger partial charge in [-0.2, -0.15) is 4.98 Å². The molecule has 0 unspecified atom stereocenters. The minimum Gasteiger partial charge on any atom is -0.342 e. The fraction of sp³-hybridized carbons (Fsp3) is 0.550. The van der Waals surface area contributed by atoms with Crippen molar-refractivity contribution in [3.63, 3.8) is 0 Å². The van der Waals surface area contributed by atoms with E-state index in [1.54, 1.807) is 0 Å². The van der Waals surface area contributed by atoms with E-state index in [0.29, 0.717) is 42.9 Å². The Morgan fingerprint density at radius 1 is 1.15 bits per heavy atom. The van der Waals surface area contributed by atoms with Gasteiger partial charge < -0.3 is 14.7 Å². The third-order valence-corrected chi connectivity index (χ3v) is 5.72. The number of likely N-dealkylation sites (tertiary alicyclic amines) is 1. The Kier molecular flexibility index (Phi) is 6.50. The minimum absolute atomic E-state index is 0. The van der Waals surface area contributed by atoms with Crippen molar-refractivity contribution in [2.24, 2.45) is 5.41 Å². The Hall–Kier alpha value is -1.92. The molecule has 1 aromatic carbocycles. The summed E-state index contributed by atoms with van der Waals surface area (Å²) in [7, 11) is 0. The first-order chi connectivity index (χ1) is 12.7. The number of carbonyl (C=O) groups excluding carboxylic acids is 1. The van der Waals surface area contributed by atoms with Crippen LogP contribution >= 0.6 is 12.4 Å². The highest BCUT2D eigenvalue weighted by molar-refractivity contribution is 5.85. The summed E-state index contributed by atoms with van der Waals surface area (Å²) >= 11 is 0. The van der Waals surface area contributed by atoms with Crippen LogP contribution in [0.4, 0.5) is 0 Å². The molecule has 2 aliphatic heterocycles. The maximum Gasteiger partial charge on any atom is 0.228 e. The van der Waals surface area contributed by atoms with Gasteiger partial charge in [-0.3, -0.25) is 4.79 Å². The average molecular weight is 391 g/mol. The fourth-order valence-corrected chi connectivity index (χ4v) is 4.14. The smallest absolute Gasteiger partial charge is 0.228 e. The molecule has 2 aromatic rings. The molecule has 0 saturated carbocycles. The van der Waals surface area contributed by atoms with Crippen molar-refractivity contribution in [3.8, 4) is 0 Å². The lowest BCUT2D eigenvalue weighted by Gasteiger charge is -2.45. The number of hydrogen-bond donors (Lipinski definition) is 1. The summed E-state index contributed by atoms with van der Waals surface area (Å²) in [5.41, 5.74) is 1.48. The van der Waals surface area contributed by atoms with Crippen LogP contribution in [0.25, 0.3) is 0 Å². The zero-order valence-corrected chi connectivity index (χ0v) is 16.3. The molecule has 1 N–H and O–H groups in total. The Morgan fingerprint density at radius 2 is 1.93 bits per heavy atom. The number of aromatic nitrogens is 2. The Balaban J connectivity index is 0.00000210. The van der Waals surface area contributed by atoms with E-state index < -0.39 is 0 Å². The van der Waals surface area contributed by atoms with Crippen LogP contribution in [0.1, 0.15) is 43.0 Å². The summed E-state index contributed by atoms with van der Waals surface area (Å²) in [5, 5.41) is 7.51. The SMILES string of the molecule is Cl.O=C1CCC2(CCNCC2)CN1CCc1nc(Cc2ccccc2)no1. The highest BCUT2D eigenvalue weighted by Crippen LogP contribution is 2.38. The predicted molar refractivity (Wildman–Crippen MR) is 105 cm³/mol. The fourth-order valence-electron chi connectivity index (χ4n) is 4.14. The first-order valence-electron chi connectivity index (χ1n) is 9.56. The van der Waals surface area contributed by atoms with Crippen molar-refractivity contribution in [3.05, 3.63) is 47.6 Å². The third kappa shape index (κ3) is 4.87. The van der Waals surface area contributed by atoms with Gasteiger partial charge >= 0.3 is 0 Å². The third-order valence-electron chi connectivity index (χ3n) is 5.72. The maximum atomic E-state index is 12.3. The molecule has 0 atom stereocenters. The molecule has 0 bridgehead atoms. The van der Waals surface area contributed by atoms with E-state index in [0.717, 1.165) is 26.1 Å². The topological polar surface area (TPSA) is 71.3 Å². The van der Waals surface area contributed by atoms with Gasteiger partial charge in [-0.1, -0.05) is 35.5 Å². The molecule has 1 aromatic heterocycles. The first-order valence-corrected chi connectivity index (χ1v) is 9.56. The number of benzene rings is 1. The summed E-state index contributed by atoms with van der Waals surface area (Å²) in [6.45, 7) is 3.67. The summed E-state index contributed by atoms with van der Waals surface area (Å²) < 4.78 is 5.39. The van der Waals surface area contributed by atoms with Crippen LogP contribution in [-0.2, 0) is 17.6 Å². The molecule has 2 saturated heterocycles. The van der Waals surface area contributed by atoms with Crippen LogP contribution in [0.5, 0.6) is 0 Å². The average Bonchev–Trinajstić information content (AvgIpc) is 3.12. The second-order valence-corrected chi connectivity index (χ2v) is 7.58. The van der Waals surface area contributed by atoms with Crippen molar-refractivity contribution in [2.75, 3.05) is 26.2 Å². The van der Waals surface area contributed by atoms with E-state index in [9.17, 15) is 4.79 Å². The molecular formula is C20H27ClN4O2. The molecule has 7 heteroatoms. The highest BCUT2D eigenvalue weighted by Gasteiger charge is 2.39. The summed E-state index contributed by atoms with van der Waals surface area (Å²) in [5.74, 6) is 1.58. The van der Waals surface area contributed by atoms with Gasteiger partial charge in [0.2, 0.25) is 11.8 Å². The summed E-state index contributed by atoms with van der Waals surface area (Å²) in [6.07, 6.45) is 5.33. The number of rotatable bonds is 5. The lowest BCUT2D eigenvalue weighted by molar-refractivity contribution is -0.138. The summed E-state index contributed by atoms with van der Waals surface area (Å²) in [4.78, 5) is 18.8. The molecular weight excluding hydrogens is 364 g/mol. The minimum atomic E-state index is 0. The van der Waals surface area contributed by atoms with E-state index in [4.69, 9.17) is 4.52 Å². The molecule has 2 aliphatic rings. The van der Waals surface area contributed by atoms with Gasteiger partial charge in [-0.15, -0.1) is 12.4 Å². The second kappa shape index (κ2) is 8.85. The van der Waals surface area contributed by atoms with Crippen molar-refractivity contribution >= 4 is 18.3 Å². The predicted octanol–water partition coefficient (Wildman–Crippen LogP) is 2.62. The standard InChI is InChI=1S/C20H26N4O2.ClH/c25-19-6-8-20(9-11-21-12-10-20)15-24(19)13-7-18-22-17(23-26-18)14-16-4-2-1-3-5-16;/h1-5,21H,6-15H2;1H. The molecule has 1 amide bonds. The molecule has 4 rings (SSSR count). The van der Waals surface area contributed by atoms with Crippen molar-refractivity contribution in [1.29, 1.82) is 0 Å². The molecule has 0 aliphatic carbocycles. The number of carbonyl (C=O) groups is 1. The monoisotopic (exact) mass is 390 g/mol. The number of nitrogens with one attached hydrogen (secondary N) is 1. The highest BCUT2D eigenvalue weighted by atomic mass is 35.5. The molecule has 1 spiro atoms. The second-order valence-electron chi connectivity index (χ2n) is 7.58. The van der Waals surface area contributed by atoms with E-state index in [2.05, 4.69) is 27.6 Å². The van der Waals surface area contributed by atoms with Gasteiger partial charge in [0.15, 0.2) is 5.82 Å². The molecule has 2 fully saturated rings. The van der Waals surface area contributed by atoms with Crippen LogP contribution in [0.15, 0.2) is 34.9 Å². The van der Waals surface area contributed by atoms with Crippen LogP contribution < -0.4 is 5.32 Å². The number of hydrogen-bond acceptors (Lipinski definition) is 5. The first kappa shape index (κ1) is 19.8. The molecule has 6 nitrogen and oxygen atoms in total. The van der Waals surface area contributed by atoms with E-state index in [-0.39, 0.29) is 18.3 Å². The van der Waals surface area contributed by atoms with Gasteiger partial charge in [0.1, 0.15) is 0 Å². The Bertz CT molecular complexity index is 743. The van der Waals surface area contributed by atoms with Gasteiger partial charge in [0.25, 0.3) is 0 Å². The van der Waals surface area contributed by atoms with Crippen LogP contribution in [0.2, 0.25) is 0 Å². The Morgan fingerprint density at radius 3 is 2.70 bits per heavy atom. The largest absolute Gasteiger partial charge is 0.342 e. The van der Waals surface area contributed by atoms with Crippen LogP contribution in [0, 0.1) is 5.41 Å².